The van der Waals surface area contributed by atoms with E-state index in [1.807, 2.05) is 6.07 Å². The molecule has 1 rings (SSSR count). The van der Waals surface area contributed by atoms with Crippen LogP contribution in [-0.2, 0) is 30.5 Å². The molecule has 0 aromatic heterocycles. The Balaban J connectivity index is 0.00000340. The predicted octanol–water partition coefficient (Wildman–Crippen LogP) is -0.532. The van der Waals surface area contributed by atoms with E-state index in [0.717, 1.165) is 12.1 Å². The van der Waals surface area contributed by atoms with Crippen LogP contribution in [0.3, 0.4) is 0 Å². The van der Waals surface area contributed by atoms with E-state index in [9.17, 15) is 24.0 Å². The molecule has 11 N–H and O–H groups in total. The summed E-state index contributed by atoms with van der Waals surface area (Å²) in [7, 11) is 3.08. The highest BCUT2D eigenvalue weighted by Gasteiger charge is 2.30. The van der Waals surface area contributed by atoms with Crippen LogP contribution in [0.15, 0.2) is 35.3 Å². The molecule has 44 heavy (non-hydrogen) atoms. The van der Waals surface area contributed by atoms with Gasteiger partial charge in [-0.1, -0.05) is 43.7 Å². The molecule has 0 fully saturated rings. The Bertz CT molecular complexity index is 1030. The third kappa shape index (κ3) is 19.0. The average molecular weight is 622 g/mol. The lowest BCUT2D eigenvalue weighted by molar-refractivity contribution is -0.142. The van der Waals surface area contributed by atoms with Gasteiger partial charge in [-0.25, -0.2) is 4.79 Å². The Labute approximate surface area is 259 Å². The Morgan fingerprint density at radius 3 is 2.07 bits per heavy atom. The molecule has 0 aliphatic rings. The SMILES string of the molecule is CCCCN.CN(C)C(=O)C(CCCCN)NC(=O)C(=O)C(CCCN=C(N)N)NC(=O)CNC(=O)OCc1ccccc1. The summed E-state index contributed by atoms with van der Waals surface area (Å²) in [5.74, 6) is -3.20. The van der Waals surface area contributed by atoms with E-state index < -0.39 is 42.3 Å². The molecule has 1 aromatic rings. The van der Waals surface area contributed by atoms with Crippen LogP contribution in [0.5, 0.6) is 0 Å². The third-order valence-corrected chi connectivity index (χ3v) is 5.98. The van der Waals surface area contributed by atoms with E-state index in [4.69, 9.17) is 27.7 Å². The van der Waals surface area contributed by atoms with Gasteiger partial charge in [0.25, 0.3) is 5.91 Å². The number of unbranched alkanes of at least 4 members (excludes halogenated alkanes) is 2. The minimum atomic E-state index is -1.24. The van der Waals surface area contributed by atoms with E-state index in [2.05, 4.69) is 27.9 Å². The molecule has 15 heteroatoms. The quantitative estimate of drug-likeness (QED) is 0.0450. The monoisotopic (exact) mass is 621 g/mol. The number of ether oxygens (including phenoxy) is 1. The summed E-state index contributed by atoms with van der Waals surface area (Å²) in [5.41, 5.74) is 22.1. The van der Waals surface area contributed by atoms with Crippen LogP contribution < -0.4 is 38.9 Å². The summed E-state index contributed by atoms with van der Waals surface area (Å²) < 4.78 is 5.05. The number of amides is 4. The molecule has 0 spiro atoms. The lowest BCUT2D eigenvalue weighted by atomic mass is 10.0. The zero-order valence-corrected chi connectivity index (χ0v) is 26.2. The first-order chi connectivity index (χ1) is 21.0. The number of nitrogens with one attached hydrogen (secondary N) is 3. The highest BCUT2D eigenvalue weighted by atomic mass is 16.5. The number of Topliss-reactive ketones (excluding diaryl/α,β-unsaturated/α-hetero) is 1. The second-order valence-corrected chi connectivity index (χ2v) is 10.0. The summed E-state index contributed by atoms with van der Waals surface area (Å²) in [4.78, 5) is 67.9. The fraction of sp³-hybridized carbons (Fsp3) is 0.586. The lowest BCUT2D eigenvalue weighted by Gasteiger charge is -2.23. The van der Waals surface area contributed by atoms with Gasteiger partial charge in [0.05, 0.1) is 6.04 Å². The highest BCUT2D eigenvalue weighted by molar-refractivity contribution is 6.38. The van der Waals surface area contributed by atoms with Crippen molar-refractivity contribution in [2.24, 2.45) is 27.9 Å². The molecule has 0 radical (unpaired) electrons. The Kier molecular flexibility index (Phi) is 21.9. The molecule has 0 saturated heterocycles. The smallest absolute Gasteiger partial charge is 0.407 e. The maximum atomic E-state index is 13.0. The van der Waals surface area contributed by atoms with Crippen molar-refractivity contribution in [1.82, 2.24) is 20.9 Å². The van der Waals surface area contributed by atoms with Crippen molar-refractivity contribution in [3.8, 4) is 0 Å². The van der Waals surface area contributed by atoms with Gasteiger partial charge in [-0.2, -0.15) is 0 Å². The number of alkyl carbamates (subject to hydrolysis) is 1. The molecule has 0 saturated carbocycles. The number of ketones is 1. The summed E-state index contributed by atoms with van der Waals surface area (Å²) in [5, 5.41) is 7.22. The van der Waals surface area contributed by atoms with Gasteiger partial charge in [-0.3, -0.25) is 24.2 Å². The zero-order chi connectivity index (χ0) is 33.3. The summed E-state index contributed by atoms with van der Waals surface area (Å²) >= 11 is 0. The van der Waals surface area contributed by atoms with E-state index in [1.165, 1.54) is 31.8 Å². The molecule has 0 bridgehead atoms. The van der Waals surface area contributed by atoms with Gasteiger partial charge < -0.3 is 48.5 Å². The Morgan fingerprint density at radius 2 is 1.52 bits per heavy atom. The highest BCUT2D eigenvalue weighted by Crippen LogP contribution is 2.06. The number of carbonyl (C=O) groups excluding carboxylic acids is 5. The normalized spacial score (nSPS) is 11.5. The van der Waals surface area contributed by atoms with Gasteiger partial charge in [0.1, 0.15) is 19.2 Å². The third-order valence-electron chi connectivity index (χ3n) is 5.98. The van der Waals surface area contributed by atoms with Crippen LogP contribution in [-0.4, -0.2) is 92.8 Å². The minimum absolute atomic E-state index is 0.0124. The van der Waals surface area contributed by atoms with E-state index >= 15 is 0 Å². The van der Waals surface area contributed by atoms with Gasteiger partial charge in [0.15, 0.2) is 5.96 Å². The van der Waals surface area contributed by atoms with Gasteiger partial charge in [0.2, 0.25) is 17.6 Å². The molecule has 0 aliphatic carbocycles. The molecule has 1 aromatic carbocycles. The number of rotatable bonds is 19. The van der Waals surface area contributed by atoms with E-state index in [1.54, 1.807) is 24.3 Å². The van der Waals surface area contributed by atoms with E-state index in [-0.39, 0.29) is 37.9 Å². The standard InChI is InChI=1S/C25H40N8O6.C4H11N/c1-33(2)23(37)19(11-6-7-13-26)32-22(36)21(35)18(12-8-14-29-24(27)28)31-20(34)15-30-25(38)39-16-17-9-4-3-5-10-17;1-2-3-4-5/h3-5,9-10,18-19H,6-8,11-16,26H2,1-2H3,(H,30,38)(H,31,34)(H,32,36)(H4,27,28,29);2-5H2,1H3. The molecular weight excluding hydrogens is 570 g/mol. The van der Waals surface area contributed by atoms with Crippen molar-refractivity contribution < 1.29 is 28.7 Å². The molecule has 0 heterocycles. The zero-order valence-electron chi connectivity index (χ0n) is 26.2. The van der Waals surface area contributed by atoms with Crippen molar-refractivity contribution in [2.75, 3.05) is 40.3 Å². The number of benzene rings is 1. The number of carbonyl (C=O) groups is 5. The number of aliphatic imine (C=N–C) groups is 1. The fourth-order valence-corrected chi connectivity index (χ4v) is 3.60. The van der Waals surface area contributed by atoms with Crippen molar-refractivity contribution in [2.45, 2.75) is 70.6 Å². The topological polar surface area (TPSA) is 250 Å². The minimum Gasteiger partial charge on any atom is -0.445 e. The van der Waals surface area contributed by atoms with Crippen LogP contribution in [0, 0.1) is 0 Å². The Morgan fingerprint density at radius 1 is 0.886 bits per heavy atom. The lowest BCUT2D eigenvalue weighted by Crippen LogP contribution is -2.54. The predicted molar refractivity (Wildman–Crippen MR) is 169 cm³/mol. The molecule has 0 aliphatic heterocycles. The van der Waals surface area contributed by atoms with Gasteiger partial charge in [-0.05, 0) is 57.2 Å². The van der Waals surface area contributed by atoms with Gasteiger partial charge in [-0.15, -0.1) is 0 Å². The molecule has 2 unspecified atom stereocenters. The number of likely N-dealkylation sites (N-methyl/N-ethyl adjacent to an activating group) is 1. The fourth-order valence-electron chi connectivity index (χ4n) is 3.60. The second-order valence-electron chi connectivity index (χ2n) is 10.0. The average Bonchev–Trinajstić information content (AvgIpc) is 3.00. The van der Waals surface area contributed by atoms with Crippen molar-refractivity contribution in [3.63, 3.8) is 0 Å². The first kappa shape index (κ1) is 39.8. The van der Waals surface area contributed by atoms with Gasteiger partial charge >= 0.3 is 6.09 Å². The summed E-state index contributed by atoms with van der Waals surface area (Å²) in [6.45, 7) is 3.08. The summed E-state index contributed by atoms with van der Waals surface area (Å²) in [6.07, 6.45) is 3.37. The van der Waals surface area contributed by atoms with Crippen LogP contribution in [0.1, 0.15) is 57.4 Å². The van der Waals surface area contributed by atoms with Crippen LogP contribution in [0.2, 0.25) is 0 Å². The molecule has 15 nitrogen and oxygen atoms in total. The maximum absolute atomic E-state index is 13.0. The van der Waals surface area contributed by atoms with Crippen molar-refractivity contribution >= 4 is 35.6 Å². The van der Waals surface area contributed by atoms with Crippen LogP contribution in [0.25, 0.3) is 0 Å². The first-order valence-corrected chi connectivity index (χ1v) is 14.7. The van der Waals surface area contributed by atoms with E-state index in [0.29, 0.717) is 25.8 Å². The molecule has 2 atom stereocenters. The maximum Gasteiger partial charge on any atom is 0.407 e. The summed E-state index contributed by atoms with van der Waals surface area (Å²) in [6, 6.07) is 6.80. The number of hydrogen-bond acceptors (Lipinski definition) is 9. The Hall–Kier alpha value is -4.24. The molecule has 248 valence electrons. The van der Waals surface area contributed by atoms with Gasteiger partial charge in [0, 0.05) is 20.6 Å². The number of guanidine groups is 1. The number of hydrogen-bond donors (Lipinski definition) is 7. The number of nitrogens with zero attached hydrogens (tertiary/aromatic N) is 2. The van der Waals surface area contributed by atoms with Crippen molar-refractivity contribution in [3.05, 3.63) is 35.9 Å². The van der Waals surface area contributed by atoms with Crippen LogP contribution >= 0.6 is 0 Å². The largest absolute Gasteiger partial charge is 0.445 e. The molecular formula is C29H51N9O6. The van der Waals surface area contributed by atoms with Crippen molar-refractivity contribution in [1.29, 1.82) is 0 Å². The molecule has 4 amide bonds. The number of nitrogens with two attached hydrogens (primary N) is 4. The van der Waals surface area contributed by atoms with Crippen LogP contribution in [0.4, 0.5) is 4.79 Å². The first-order valence-electron chi connectivity index (χ1n) is 14.7. The second kappa shape index (κ2) is 24.2.